The van der Waals surface area contributed by atoms with Crippen molar-refractivity contribution in [3.05, 3.63) is 59.9 Å². The first-order valence-corrected chi connectivity index (χ1v) is 7.72. The lowest BCUT2D eigenvalue weighted by atomic mass is 10.1. The Morgan fingerprint density at radius 1 is 1.30 bits per heavy atom. The third-order valence-corrected chi connectivity index (χ3v) is 4.03. The van der Waals surface area contributed by atoms with Crippen molar-refractivity contribution in [1.29, 1.82) is 0 Å². The van der Waals surface area contributed by atoms with Crippen molar-refractivity contribution in [2.24, 2.45) is 5.92 Å². The Bertz CT molecular complexity index is 659. The first-order chi connectivity index (χ1) is 11.2. The molecule has 0 bridgehead atoms. The van der Waals surface area contributed by atoms with Crippen LogP contribution in [0.4, 0.5) is 4.39 Å². The van der Waals surface area contributed by atoms with Gasteiger partial charge in [-0.3, -0.25) is 14.8 Å². The number of hydrogen-bond donors (Lipinski definition) is 1. The van der Waals surface area contributed by atoms with Crippen LogP contribution >= 0.6 is 0 Å². The maximum absolute atomic E-state index is 13.9. The van der Waals surface area contributed by atoms with E-state index in [-0.39, 0.29) is 11.5 Å². The van der Waals surface area contributed by atoms with Gasteiger partial charge in [0.1, 0.15) is 0 Å². The average Bonchev–Trinajstić information content (AvgIpc) is 3.08. The predicted octanol–water partition coefficient (Wildman–Crippen LogP) is 1.87. The molecule has 2 aromatic rings. The van der Waals surface area contributed by atoms with E-state index in [0.29, 0.717) is 19.0 Å². The molecule has 6 heteroatoms. The summed E-state index contributed by atoms with van der Waals surface area (Å²) in [6.45, 7) is 2.87. The van der Waals surface area contributed by atoms with E-state index in [1.807, 2.05) is 12.1 Å². The maximum atomic E-state index is 13.9. The smallest absolute Gasteiger partial charge is 0.257 e. The van der Waals surface area contributed by atoms with E-state index in [4.69, 9.17) is 0 Å². The molecule has 3 rings (SSSR count). The number of pyridine rings is 2. The minimum Gasteiger partial charge on any atom is -0.334 e. The van der Waals surface area contributed by atoms with Crippen LogP contribution in [0.15, 0.2) is 43.0 Å². The van der Waals surface area contributed by atoms with Crippen LogP contribution in [-0.4, -0.2) is 40.4 Å². The predicted molar refractivity (Wildman–Crippen MR) is 84.1 cm³/mol. The Balaban J connectivity index is 1.81. The number of amides is 1. The van der Waals surface area contributed by atoms with Gasteiger partial charge >= 0.3 is 0 Å². The van der Waals surface area contributed by atoms with Gasteiger partial charge < -0.3 is 10.2 Å². The molecule has 0 saturated carbocycles. The molecule has 0 aromatic carbocycles. The molecule has 3 heterocycles. The first kappa shape index (κ1) is 15.6. The second-order valence-corrected chi connectivity index (χ2v) is 5.76. The van der Waals surface area contributed by atoms with Crippen molar-refractivity contribution in [3.63, 3.8) is 0 Å². The van der Waals surface area contributed by atoms with Crippen LogP contribution in [0.1, 0.15) is 22.3 Å². The van der Waals surface area contributed by atoms with Crippen LogP contribution in [-0.2, 0) is 6.54 Å². The fraction of sp³-hybridized carbons (Fsp3) is 0.353. The van der Waals surface area contributed by atoms with Gasteiger partial charge in [0.25, 0.3) is 5.91 Å². The molecule has 1 fully saturated rings. The van der Waals surface area contributed by atoms with Crippen LogP contribution in [0, 0.1) is 11.7 Å². The van der Waals surface area contributed by atoms with Gasteiger partial charge in [-0.2, -0.15) is 0 Å². The number of carbonyl (C=O) groups is 1. The van der Waals surface area contributed by atoms with Crippen molar-refractivity contribution in [1.82, 2.24) is 20.2 Å². The van der Waals surface area contributed by atoms with Crippen LogP contribution < -0.4 is 5.32 Å². The van der Waals surface area contributed by atoms with E-state index < -0.39 is 5.82 Å². The summed E-state index contributed by atoms with van der Waals surface area (Å²) in [7, 11) is 0. The molecule has 1 saturated heterocycles. The summed E-state index contributed by atoms with van der Waals surface area (Å²) in [5.74, 6) is -0.501. The zero-order valence-electron chi connectivity index (χ0n) is 12.8. The van der Waals surface area contributed by atoms with Crippen molar-refractivity contribution >= 4 is 5.91 Å². The average molecular weight is 314 g/mol. The number of halogens is 1. The molecule has 1 N–H and O–H groups in total. The van der Waals surface area contributed by atoms with Crippen LogP contribution in [0.3, 0.4) is 0 Å². The Labute approximate surface area is 134 Å². The molecule has 23 heavy (non-hydrogen) atoms. The van der Waals surface area contributed by atoms with Crippen LogP contribution in [0.25, 0.3) is 0 Å². The largest absolute Gasteiger partial charge is 0.334 e. The van der Waals surface area contributed by atoms with Gasteiger partial charge in [-0.05, 0) is 43.1 Å². The van der Waals surface area contributed by atoms with E-state index in [1.54, 1.807) is 17.3 Å². The van der Waals surface area contributed by atoms with E-state index in [2.05, 4.69) is 15.3 Å². The SMILES string of the molecule is O=C(c1ccncc1F)N(Cc1cccnc1)C[C@H]1CCNC1. The van der Waals surface area contributed by atoms with E-state index >= 15 is 0 Å². The number of aromatic nitrogens is 2. The molecule has 0 radical (unpaired) electrons. The molecule has 1 aliphatic heterocycles. The number of rotatable bonds is 5. The van der Waals surface area contributed by atoms with Gasteiger partial charge in [0.15, 0.2) is 5.82 Å². The third kappa shape index (κ3) is 3.90. The Morgan fingerprint density at radius 2 is 2.17 bits per heavy atom. The Kier molecular flexibility index (Phi) is 4.92. The van der Waals surface area contributed by atoms with Crippen molar-refractivity contribution in [2.75, 3.05) is 19.6 Å². The summed E-state index contributed by atoms with van der Waals surface area (Å²) in [5, 5.41) is 3.30. The quantitative estimate of drug-likeness (QED) is 0.915. The summed E-state index contributed by atoms with van der Waals surface area (Å²) >= 11 is 0. The van der Waals surface area contributed by atoms with Crippen molar-refractivity contribution < 1.29 is 9.18 Å². The molecular weight excluding hydrogens is 295 g/mol. The molecule has 0 unspecified atom stereocenters. The van der Waals surface area contributed by atoms with Crippen LogP contribution in [0.2, 0.25) is 0 Å². The lowest BCUT2D eigenvalue weighted by Crippen LogP contribution is -2.36. The van der Waals surface area contributed by atoms with Crippen molar-refractivity contribution in [2.45, 2.75) is 13.0 Å². The lowest BCUT2D eigenvalue weighted by Gasteiger charge is -2.25. The number of carbonyl (C=O) groups excluding carboxylic acids is 1. The number of nitrogens with zero attached hydrogens (tertiary/aromatic N) is 3. The standard InChI is InChI=1S/C17H19FN4O/c18-16-10-21-7-4-15(16)17(23)22(12-14-3-6-20-9-14)11-13-2-1-5-19-8-13/h1-2,4-5,7-8,10,14,20H,3,6,9,11-12H2/t14-/m0/s1. The highest BCUT2D eigenvalue weighted by Crippen LogP contribution is 2.16. The number of hydrogen-bond acceptors (Lipinski definition) is 4. The highest BCUT2D eigenvalue weighted by Gasteiger charge is 2.24. The fourth-order valence-electron chi connectivity index (χ4n) is 2.83. The van der Waals surface area contributed by atoms with Gasteiger partial charge in [0, 0.05) is 31.7 Å². The monoisotopic (exact) mass is 314 g/mol. The molecule has 120 valence electrons. The van der Waals surface area contributed by atoms with Gasteiger partial charge in [0.2, 0.25) is 0 Å². The van der Waals surface area contributed by atoms with Gasteiger partial charge in [0.05, 0.1) is 11.8 Å². The van der Waals surface area contributed by atoms with Crippen LogP contribution in [0.5, 0.6) is 0 Å². The van der Waals surface area contributed by atoms with Gasteiger partial charge in [-0.15, -0.1) is 0 Å². The molecule has 1 amide bonds. The molecule has 0 spiro atoms. The topological polar surface area (TPSA) is 58.1 Å². The van der Waals surface area contributed by atoms with E-state index in [9.17, 15) is 9.18 Å². The van der Waals surface area contributed by atoms with E-state index in [1.165, 1.54) is 12.3 Å². The minimum atomic E-state index is -0.585. The first-order valence-electron chi connectivity index (χ1n) is 7.72. The second kappa shape index (κ2) is 7.28. The normalized spacial score (nSPS) is 17.2. The summed E-state index contributed by atoms with van der Waals surface area (Å²) in [5.41, 5.74) is 0.996. The zero-order valence-corrected chi connectivity index (χ0v) is 12.8. The summed E-state index contributed by atoms with van der Waals surface area (Å²) in [4.78, 5) is 22.3. The molecular formula is C17H19FN4O. The lowest BCUT2D eigenvalue weighted by molar-refractivity contribution is 0.0713. The number of nitrogens with one attached hydrogen (secondary N) is 1. The Hall–Kier alpha value is -2.34. The minimum absolute atomic E-state index is 0.0647. The summed E-state index contributed by atoms with van der Waals surface area (Å²) in [6, 6.07) is 5.19. The molecule has 1 atom stereocenters. The third-order valence-electron chi connectivity index (χ3n) is 4.03. The molecule has 1 aliphatic rings. The Morgan fingerprint density at radius 3 is 2.87 bits per heavy atom. The molecule has 0 aliphatic carbocycles. The summed E-state index contributed by atoms with van der Waals surface area (Å²) in [6.07, 6.45) is 6.97. The second-order valence-electron chi connectivity index (χ2n) is 5.76. The van der Waals surface area contributed by atoms with Gasteiger partial charge in [-0.1, -0.05) is 6.07 Å². The van der Waals surface area contributed by atoms with Crippen molar-refractivity contribution in [3.8, 4) is 0 Å². The highest BCUT2D eigenvalue weighted by molar-refractivity contribution is 5.94. The van der Waals surface area contributed by atoms with E-state index in [0.717, 1.165) is 31.3 Å². The zero-order chi connectivity index (χ0) is 16.1. The van der Waals surface area contributed by atoms with Gasteiger partial charge in [-0.25, -0.2) is 4.39 Å². The molecule has 2 aromatic heterocycles. The fourth-order valence-corrected chi connectivity index (χ4v) is 2.83. The summed E-state index contributed by atoms with van der Waals surface area (Å²) < 4.78 is 13.9. The highest BCUT2D eigenvalue weighted by atomic mass is 19.1. The maximum Gasteiger partial charge on any atom is 0.257 e. The molecule has 5 nitrogen and oxygen atoms in total.